The molecule has 4 unspecified atom stereocenters. The van der Waals surface area contributed by atoms with Gasteiger partial charge in [0.05, 0.1) is 29.2 Å². The lowest BCUT2D eigenvalue weighted by Gasteiger charge is -2.39. The Labute approximate surface area is 304 Å². The molecule has 9 rings (SSSR count). The summed E-state index contributed by atoms with van der Waals surface area (Å²) in [7, 11) is 2.14. The lowest BCUT2D eigenvalue weighted by Crippen LogP contribution is -2.39. The van der Waals surface area contributed by atoms with Crippen LogP contribution in [-0.4, -0.2) is 79.5 Å². The van der Waals surface area contributed by atoms with Gasteiger partial charge in [-0.2, -0.15) is 10.4 Å². The summed E-state index contributed by atoms with van der Waals surface area (Å²) >= 11 is 1.51. The largest absolute Gasteiger partial charge is 0.389 e. The standard InChI is InChI=1S/C37H41N11O3S/c1-20(26-7-5-13-46(26)2)41-33-25(17-39)35(48-18-21-9-14-47(22-10-15-50-19-22)36(49)29(21)44-48)43-34(42-33)30-23-6-3-11-37(31(23)51-45-30)12-4-8-27-28(37)24(16-38)32(40)52-27/h9,14,17-18,20,22,26,39H,3-8,10-13,15,19,40H2,1-2H3,(H,41,42,43). The minimum absolute atomic E-state index is 0.0166. The molecule has 1 spiro atoms. The molecule has 4 atom stereocenters. The number of nitrogens with two attached hydrogens (primary N) is 1. The third-order valence-electron chi connectivity index (χ3n) is 11.8. The fraction of sp³-hybridized carbons (Fsp3) is 0.486. The average molecular weight is 720 g/mol. The number of aromatic nitrogens is 6. The molecule has 2 aliphatic carbocycles. The van der Waals surface area contributed by atoms with Crippen LogP contribution in [0.15, 0.2) is 27.8 Å². The van der Waals surface area contributed by atoms with Gasteiger partial charge in [-0.25, -0.2) is 14.6 Å². The van der Waals surface area contributed by atoms with Gasteiger partial charge in [0.1, 0.15) is 16.9 Å². The normalized spacial score (nSPS) is 23.5. The summed E-state index contributed by atoms with van der Waals surface area (Å²) < 4.78 is 15.2. The molecule has 268 valence electrons. The number of nitrogens with zero attached hydrogens (tertiary/aromatic N) is 8. The highest BCUT2D eigenvalue weighted by Crippen LogP contribution is 2.55. The summed E-state index contributed by atoms with van der Waals surface area (Å²) in [5.74, 6) is 1.96. The molecular weight excluding hydrogens is 679 g/mol. The number of fused-ring (bicyclic) bond motifs is 5. The van der Waals surface area contributed by atoms with Crippen LogP contribution >= 0.6 is 11.3 Å². The highest BCUT2D eigenvalue weighted by atomic mass is 32.1. The maximum atomic E-state index is 13.7. The molecule has 0 bridgehead atoms. The SMILES string of the molecule is CC(Nc1nc(-c2noc3c2CCCC32CCCc3sc(N)c(C#N)c32)nc(-n2cc3ccn(C4CCOC4)c(=O)c3n2)c1C=N)C1CCCN1C. The van der Waals surface area contributed by atoms with Gasteiger partial charge in [-0.05, 0) is 89.9 Å². The van der Waals surface area contributed by atoms with Gasteiger partial charge >= 0.3 is 0 Å². The van der Waals surface area contributed by atoms with Gasteiger partial charge in [0.15, 0.2) is 28.6 Å². The second-order valence-electron chi connectivity index (χ2n) is 14.7. The van der Waals surface area contributed by atoms with Crippen LogP contribution in [-0.2, 0) is 23.0 Å². The van der Waals surface area contributed by atoms with E-state index in [4.69, 9.17) is 35.5 Å². The smallest absolute Gasteiger partial charge is 0.279 e. The quantitative estimate of drug-likeness (QED) is 0.193. The Morgan fingerprint density at radius 1 is 1.23 bits per heavy atom. The fourth-order valence-corrected chi connectivity index (χ4v) is 10.4. The Kier molecular flexibility index (Phi) is 8.01. The van der Waals surface area contributed by atoms with Gasteiger partial charge in [0.25, 0.3) is 5.56 Å². The molecule has 2 fully saturated rings. The van der Waals surface area contributed by atoms with Crippen LogP contribution < -0.4 is 16.6 Å². The molecule has 7 heterocycles. The highest BCUT2D eigenvalue weighted by Gasteiger charge is 2.49. The fourth-order valence-electron chi connectivity index (χ4n) is 9.24. The van der Waals surface area contributed by atoms with Crippen molar-refractivity contribution in [1.29, 1.82) is 10.7 Å². The number of likely N-dealkylation sites (tertiary alicyclic amines) is 1. The second kappa shape index (κ2) is 12.6. The van der Waals surface area contributed by atoms with Crippen LogP contribution in [0, 0.1) is 16.7 Å². The predicted molar refractivity (Wildman–Crippen MR) is 198 cm³/mol. The van der Waals surface area contributed by atoms with Crippen molar-refractivity contribution in [3.05, 3.63) is 61.7 Å². The summed E-state index contributed by atoms with van der Waals surface area (Å²) in [6.07, 6.45) is 12.9. The van der Waals surface area contributed by atoms with E-state index in [2.05, 4.69) is 35.4 Å². The topological polar surface area (TPSA) is 190 Å². The summed E-state index contributed by atoms with van der Waals surface area (Å²) in [6.45, 7) is 4.28. The van der Waals surface area contributed by atoms with Gasteiger partial charge in [0, 0.05) is 53.1 Å². The van der Waals surface area contributed by atoms with E-state index in [1.54, 1.807) is 21.6 Å². The number of aryl methyl sites for hydroxylation is 1. The number of pyridine rings is 1. The zero-order chi connectivity index (χ0) is 35.7. The van der Waals surface area contributed by atoms with Crippen molar-refractivity contribution in [2.24, 2.45) is 0 Å². The van der Waals surface area contributed by atoms with E-state index >= 15 is 0 Å². The maximum Gasteiger partial charge on any atom is 0.279 e. The van der Waals surface area contributed by atoms with Gasteiger partial charge in [0.2, 0.25) is 0 Å². The molecule has 0 radical (unpaired) electrons. The molecule has 4 N–H and O–H groups in total. The lowest BCUT2D eigenvalue weighted by molar-refractivity contribution is 0.186. The molecule has 2 aliphatic heterocycles. The van der Waals surface area contributed by atoms with E-state index in [0.717, 1.165) is 86.1 Å². The minimum atomic E-state index is -0.490. The van der Waals surface area contributed by atoms with Crippen molar-refractivity contribution in [3.8, 4) is 23.4 Å². The van der Waals surface area contributed by atoms with E-state index < -0.39 is 5.41 Å². The number of ether oxygens (including phenoxy) is 1. The van der Waals surface area contributed by atoms with Crippen molar-refractivity contribution < 1.29 is 9.26 Å². The average Bonchev–Trinajstić information content (AvgIpc) is 3.98. The number of nitrogens with one attached hydrogen (secondary N) is 2. The van der Waals surface area contributed by atoms with Crippen molar-refractivity contribution in [2.75, 3.05) is 37.9 Å². The summed E-state index contributed by atoms with van der Waals surface area (Å²) in [5.41, 5.74) is 9.51. The third kappa shape index (κ3) is 5.02. The van der Waals surface area contributed by atoms with E-state index in [-0.39, 0.29) is 17.6 Å². The second-order valence-corrected chi connectivity index (χ2v) is 15.8. The Balaban J connectivity index is 1.20. The highest BCUT2D eigenvalue weighted by molar-refractivity contribution is 7.16. The number of thiophene rings is 1. The summed E-state index contributed by atoms with van der Waals surface area (Å²) in [4.78, 5) is 27.3. The molecular formula is C37H41N11O3S. The van der Waals surface area contributed by atoms with E-state index in [1.165, 1.54) is 17.6 Å². The van der Waals surface area contributed by atoms with Gasteiger partial charge in [-0.1, -0.05) is 5.16 Å². The van der Waals surface area contributed by atoms with Crippen LogP contribution in [0.3, 0.4) is 0 Å². The summed E-state index contributed by atoms with van der Waals surface area (Å²) in [5, 5.41) is 33.1. The number of nitriles is 1. The molecule has 0 saturated carbocycles. The lowest BCUT2D eigenvalue weighted by atomic mass is 9.63. The van der Waals surface area contributed by atoms with Crippen molar-refractivity contribution in [3.63, 3.8) is 0 Å². The first-order valence-corrected chi connectivity index (χ1v) is 19.0. The Bertz CT molecular complexity index is 2320. The Morgan fingerprint density at radius 3 is 2.83 bits per heavy atom. The van der Waals surface area contributed by atoms with Crippen molar-refractivity contribution >= 4 is 39.3 Å². The number of hydrogen-bond acceptors (Lipinski definition) is 13. The molecule has 0 aromatic carbocycles. The first-order valence-electron chi connectivity index (χ1n) is 18.2. The monoisotopic (exact) mass is 719 g/mol. The van der Waals surface area contributed by atoms with E-state index in [9.17, 15) is 10.1 Å². The molecule has 4 aliphatic rings. The zero-order valence-corrected chi connectivity index (χ0v) is 30.1. The first-order chi connectivity index (χ1) is 25.3. The molecule has 5 aromatic rings. The van der Waals surface area contributed by atoms with Crippen LogP contribution in [0.4, 0.5) is 10.8 Å². The third-order valence-corrected chi connectivity index (χ3v) is 12.8. The zero-order valence-electron chi connectivity index (χ0n) is 29.3. The van der Waals surface area contributed by atoms with E-state index in [0.29, 0.717) is 69.4 Å². The van der Waals surface area contributed by atoms with Crippen LogP contribution in [0.1, 0.15) is 90.8 Å². The molecule has 0 amide bonds. The molecule has 2 saturated heterocycles. The molecule has 15 heteroatoms. The van der Waals surface area contributed by atoms with Crippen molar-refractivity contribution in [2.45, 2.75) is 88.3 Å². The number of anilines is 2. The molecule has 14 nitrogen and oxygen atoms in total. The van der Waals surface area contributed by atoms with Gasteiger partial charge in [-0.15, -0.1) is 11.3 Å². The summed E-state index contributed by atoms with van der Waals surface area (Å²) in [6, 6.07) is 4.56. The number of hydrogen-bond donors (Lipinski definition) is 3. The van der Waals surface area contributed by atoms with Crippen LogP contribution in [0.25, 0.3) is 28.2 Å². The Hall–Kier alpha value is -4.91. The van der Waals surface area contributed by atoms with E-state index in [1.807, 2.05) is 6.07 Å². The minimum Gasteiger partial charge on any atom is -0.389 e. The predicted octanol–water partition coefficient (Wildman–Crippen LogP) is 4.96. The van der Waals surface area contributed by atoms with Crippen LogP contribution in [0.5, 0.6) is 0 Å². The maximum absolute atomic E-state index is 13.7. The first kappa shape index (κ1) is 33.0. The molecule has 52 heavy (non-hydrogen) atoms. The van der Waals surface area contributed by atoms with Crippen LogP contribution in [0.2, 0.25) is 0 Å². The van der Waals surface area contributed by atoms with Gasteiger partial charge < -0.3 is 35.2 Å². The number of nitrogen functional groups attached to an aromatic ring is 1. The van der Waals surface area contributed by atoms with Crippen molar-refractivity contribution in [1.82, 2.24) is 34.4 Å². The Morgan fingerprint density at radius 2 is 2.08 bits per heavy atom. The van der Waals surface area contributed by atoms with Gasteiger partial charge in [-0.3, -0.25) is 4.79 Å². The number of likely N-dealkylation sites (N-methyl/N-ethyl adjacent to an activating group) is 1. The molecule has 5 aromatic heterocycles. The number of rotatable bonds is 7.